The molecule has 266 valence electrons. The Labute approximate surface area is 289 Å². The molecular weight excluding hydrogens is 689 g/mol. The number of nitrogens with zero attached hydrogens (tertiary/aromatic N) is 2. The van der Waals surface area contributed by atoms with Gasteiger partial charge in [-0.1, -0.05) is 0 Å². The third-order valence-electron chi connectivity index (χ3n) is 10.5. The summed E-state index contributed by atoms with van der Waals surface area (Å²) in [6, 6.07) is 10.5. The van der Waals surface area contributed by atoms with Gasteiger partial charge in [-0.15, -0.1) is 0 Å². The van der Waals surface area contributed by atoms with Crippen molar-refractivity contribution in [2.75, 3.05) is 30.5 Å². The first kappa shape index (κ1) is 35.5. The third-order valence-corrected chi connectivity index (χ3v) is 12.2. The number of ether oxygens (including phenoxy) is 1. The van der Waals surface area contributed by atoms with E-state index in [1.165, 1.54) is 18.2 Å². The molecule has 0 spiro atoms. The number of carboxylic acid groups (broad SMARTS) is 2. The monoisotopic (exact) mass is 727 g/mol. The van der Waals surface area contributed by atoms with Gasteiger partial charge in [-0.05, 0) is 75.6 Å². The number of benzene rings is 3. The molecule has 3 aliphatic heterocycles. The Morgan fingerprint density at radius 2 is 1.46 bits per heavy atom. The SMILES string of the molecule is CN1c2cc3c(cc2C(CS(=O)(=O)O)CC1(C)C)C(c1cc(C(=O)O)ccc1C(=O)O)=c1cc2c(cc1O3)=[N+](C)C(C)(C)CC2CS(=O)(=O)O. The zero-order valence-corrected chi connectivity index (χ0v) is 30.0. The van der Waals surface area contributed by atoms with Crippen molar-refractivity contribution < 1.29 is 50.5 Å². The van der Waals surface area contributed by atoms with E-state index in [1.54, 1.807) is 24.3 Å². The van der Waals surface area contributed by atoms with Gasteiger partial charge < -0.3 is 19.8 Å². The van der Waals surface area contributed by atoms with Gasteiger partial charge in [0.25, 0.3) is 20.2 Å². The van der Waals surface area contributed by atoms with E-state index in [0.717, 1.165) is 0 Å². The Hall–Kier alpha value is -4.31. The lowest BCUT2D eigenvalue weighted by atomic mass is 9.78. The summed E-state index contributed by atoms with van der Waals surface area (Å²) in [6.07, 6.45) is 0.702. The summed E-state index contributed by atoms with van der Waals surface area (Å²) >= 11 is 0. The molecule has 0 radical (unpaired) electrons. The van der Waals surface area contributed by atoms with Crippen LogP contribution in [0.2, 0.25) is 0 Å². The average Bonchev–Trinajstić information content (AvgIpc) is 2.97. The first-order valence-electron chi connectivity index (χ1n) is 15.9. The van der Waals surface area contributed by atoms with Gasteiger partial charge in [0.2, 0.25) is 5.36 Å². The van der Waals surface area contributed by atoms with Crippen LogP contribution < -0.4 is 24.8 Å². The minimum absolute atomic E-state index is 0.0507. The van der Waals surface area contributed by atoms with Crippen molar-refractivity contribution >= 4 is 43.4 Å². The van der Waals surface area contributed by atoms with Gasteiger partial charge in [0.1, 0.15) is 18.5 Å². The highest BCUT2D eigenvalue weighted by Crippen LogP contribution is 2.49. The molecule has 0 fully saturated rings. The molecule has 50 heavy (non-hydrogen) atoms. The van der Waals surface area contributed by atoms with Gasteiger partial charge in [0.15, 0.2) is 5.54 Å². The van der Waals surface area contributed by atoms with Crippen LogP contribution in [0.3, 0.4) is 0 Å². The second kappa shape index (κ2) is 11.6. The lowest BCUT2D eigenvalue weighted by Crippen LogP contribution is -2.51. The fourth-order valence-electron chi connectivity index (χ4n) is 7.75. The van der Waals surface area contributed by atoms with E-state index >= 15 is 0 Å². The van der Waals surface area contributed by atoms with E-state index in [2.05, 4.69) is 0 Å². The largest absolute Gasteiger partial charge is 0.478 e. The van der Waals surface area contributed by atoms with Gasteiger partial charge in [-0.3, -0.25) is 9.11 Å². The first-order valence-corrected chi connectivity index (χ1v) is 19.1. The molecule has 3 aromatic rings. The van der Waals surface area contributed by atoms with Gasteiger partial charge in [0.05, 0.1) is 28.7 Å². The number of carboxylic acids is 2. The number of carbonyl (C=O) groups is 2. The Balaban J connectivity index is 1.78. The predicted octanol–water partition coefficient (Wildman–Crippen LogP) is 3.30. The summed E-state index contributed by atoms with van der Waals surface area (Å²) in [6.45, 7) is 7.79. The number of anilines is 1. The molecule has 3 aromatic carbocycles. The second-order valence-corrected chi connectivity index (χ2v) is 17.7. The third kappa shape index (κ3) is 6.27. The highest BCUT2D eigenvalue weighted by Gasteiger charge is 2.42. The quantitative estimate of drug-likeness (QED) is 0.160. The van der Waals surface area contributed by atoms with Crippen LogP contribution in [0.5, 0.6) is 11.5 Å². The van der Waals surface area contributed by atoms with E-state index in [0.29, 0.717) is 57.3 Å². The van der Waals surface area contributed by atoms with E-state index in [-0.39, 0.29) is 22.3 Å². The van der Waals surface area contributed by atoms with Gasteiger partial charge in [-0.2, -0.15) is 16.8 Å². The van der Waals surface area contributed by atoms with Crippen molar-refractivity contribution in [3.63, 3.8) is 0 Å². The molecule has 3 aliphatic rings. The average molecular weight is 728 g/mol. The summed E-state index contributed by atoms with van der Waals surface area (Å²) < 4.78 is 77.3. The van der Waals surface area contributed by atoms with Crippen LogP contribution >= 0.6 is 0 Å². The Bertz CT molecular complexity index is 2360. The van der Waals surface area contributed by atoms with Gasteiger partial charge >= 0.3 is 11.9 Å². The smallest absolute Gasteiger partial charge is 0.336 e. The van der Waals surface area contributed by atoms with Crippen molar-refractivity contribution in [3.05, 3.63) is 86.4 Å². The summed E-state index contributed by atoms with van der Waals surface area (Å²) in [7, 11) is -5.13. The van der Waals surface area contributed by atoms with E-state index in [4.69, 9.17) is 4.74 Å². The molecule has 0 bridgehead atoms. The first-order chi connectivity index (χ1) is 23.0. The fraction of sp³-hybridized carbons (Fsp3) is 0.400. The Morgan fingerprint density at radius 3 is 2.04 bits per heavy atom. The fourth-order valence-corrected chi connectivity index (χ4v) is 9.36. The second-order valence-electron chi connectivity index (χ2n) is 14.7. The summed E-state index contributed by atoms with van der Waals surface area (Å²) in [5, 5.41) is 21.3. The maximum Gasteiger partial charge on any atom is 0.336 e. The van der Waals surface area contributed by atoms with Crippen molar-refractivity contribution in [2.45, 2.75) is 63.5 Å². The topological polar surface area (TPSA) is 199 Å². The molecule has 0 aromatic heterocycles. The van der Waals surface area contributed by atoms with Crippen LogP contribution in [0.15, 0.2) is 42.5 Å². The van der Waals surface area contributed by atoms with Gasteiger partial charge in [0, 0.05) is 64.5 Å². The number of rotatable bonds is 7. The zero-order valence-electron chi connectivity index (χ0n) is 28.4. The maximum absolute atomic E-state index is 12.7. The van der Waals surface area contributed by atoms with Crippen LogP contribution in [0.4, 0.5) is 5.69 Å². The normalized spacial score (nSPS) is 20.6. The van der Waals surface area contributed by atoms with Crippen molar-refractivity contribution in [1.29, 1.82) is 0 Å². The van der Waals surface area contributed by atoms with Crippen molar-refractivity contribution in [2.24, 2.45) is 0 Å². The highest BCUT2D eigenvalue weighted by molar-refractivity contribution is 7.86. The predicted molar refractivity (Wildman–Crippen MR) is 185 cm³/mol. The lowest BCUT2D eigenvalue weighted by Gasteiger charge is -2.46. The van der Waals surface area contributed by atoms with E-state index in [9.17, 15) is 45.7 Å². The molecule has 3 heterocycles. The molecule has 0 amide bonds. The highest BCUT2D eigenvalue weighted by atomic mass is 32.2. The number of hydrogen-bond donors (Lipinski definition) is 4. The van der Waals surface area contributed by atoms with E-state index < -0.39 is 66.6 Å². The Morgan fingerprint density at radius 1 is 0.840 bits per heavy atom. The number of hydrogen-bond acceptors (Lipinski definition) is 8. The molecule has 2 unspecified atom stereocenters. The molecular formula is C35H39N2O11S2+. The summed E-state index contributed by atoms with van der Waals surface area (Å²) in [5.41, 5.74) is 0.988. The van der Waals surface area contributed by atoms with Crippen molar-refractivity contribution in [1.82, 2.24) is 4.58 Å². The summed E-state index contributed by atoms with van der Waals surface area (Å²) in [5.74, 6) is -4.48. The molecule has 6 rings (SSSR count). The lowest BCUT2D eigenvalue weighted by molar-refractivity contribution is 0.0681. The van der Waals surface area contributed by atoms with Crippen LogP contribution in [-0.4, -0.2) is 84.8 Å². The molecule has 13 nitrogen and oxygen atoms in total. The van der Waals surface area contributed by atoms with Gasteiger partial charge in [-0.25, -0.2) is 14.2 Å². The van der Waals surface area contributed by atoms with Crippen LogP contribution in [-0.2, 0) is 20.2 Å². The maximum atomic E-state index is 12.7. The number of fused-ring (bicyclic) bond motifs is 4. The minimum atomic E-state index is -4.42. The van der Waals surface area contributed by atoms with Crippen molar-refractivity contribution in [3.8, 4) is 11.5 Å². The number of aromatic carboxylic acids is 2. The molecule has 0 saturated carbocycles. The Kier molecular flexibility index (Phi) is 8.25. The summed E-state index contributed by atoms with van der Waals surface area (Å²) in [4.78, 5) is 26.9. The van der Waals surface area contributed by atoms with Crippen LogP contribution in [0.25, 0.3) is 5.57 Å². The van der Waals surface area contributed by atoms with Crippen LogP contribution in [0, 0.1) is 0 Å². The molecule has 0 aliphatic carbocycles. The zero-order chi connectivity index (χ0) is 36.9. The minimum Gasteiger partial charge on any atom is -0.478 e. The molecule has 15 heteroatoms. The molecule has 0 saturated heterocycles. The van der Waals surface area contributed by atoms with Crippen LogP contribution in [0.1, 0.15) is 95.3 Å². The standard InChI is InChI=1S/C35H38N2O11S2/c1-34(2)14-19(16-49(42,43)44)22-10-25-29(12-27(22)36(34)5)48-30-13-28-23(20(17-50(45,46)47)15-35(3,4)37(28)6)11-26(30)31(25)24-9-18(32(38)39)7-8-21(24)33(40)41/h7-13,19-20H,14-17H2,1-6H3,(H3-,38,39,40,41,42,43,44,45,46,47)/p+1. The van der Waals surface area contributed by atoms with E-state index in [1.807, 2.05) is 51.3 Å². The molecule has 2 atom stereocenters. The molecule has 4 N–H and O–H groups in total.